The molecular weight excluding hydrogens is 486 g/mol. The van der Waals surface area contributed by atoms with Gasteiger partial charge in [-0.2, -0.15) is 0 Å². The molecule has 1 saturated heterocycles. The molecule has 6 rings (SSSR count). The zero-order chi connectivity index (χ0) is 27.7. The maximum Gasteiger partial charge on any atom is 0.180 e. The van der Waals surface area contributed by atoms with Gasteiger partial charge in [-0.05, 0) is 37.6 Å². The van der Waals surface area contributed by atoms with E-state index in [0.717, 1.165) is 16.8 Å². The van der Waals surface area contributed by atoms with Gasteiger partial charge in [0.25, 0.3) is 0 Å². The van der Waals surface area contributed by atoms with Crippen molar-refractivity contribution < 1.29 is 19.1 Å². The summed E-state index contributed by atoms with van der Waals surface area (Å²) in [4.78, 5) is 46.0. The van der Waals surface area contributed by atoms with Crippen LogP contribution in [-0.4, -0.2) is 36.0 Å². The van der Waals surface area contributed by atoms with E-state index in [1.165, 1.54) is 0 Å². The van der Waals surface area contributed by atoms with Crippen LogP contribution in [0.4, 0.5) is 5.69 Å². The molecule has 0 N–H and O–H groups in total. The van der Waals surface area contributed by atoms with Gasteiger partial charge in [0, 0.05) is 33.7 Å². The average molecular weight is 520 g/mol. The van der Waals surface area contributed by atoms with Crippen LogP contribution in [0.5, 0.6) is 5.75 Å². The molecule has 5 heteroatoms. The Labute approximate surface area is 229 Å². The Morgan fingerprint density at radius 3 is 2.23 bits per heavy atom. The lowest BCUT2D eigenvalue weighted by atomic mass is 9.63. The van der Waals surface area contributed by atoms with Gasteiger partial charge in [-0.3, -0.25) is 14.4 Å². The molecule has 0 saturated carbocycles. The number of carbonyl (C=O) groups excluding carboxylic acids is 3. The predicted molar refractivity (Wildman–Crippen MR) is 153 cm³/mol. The van der Waals surface area contributed by atoms with E-state index in [1.807, 2.05) is 83.2 Å². The van der Waals surface area contributed by atoms with Crippen molar-refractivity contribution in [2.24, 2.45) is 10.8 Å². The number of Topliss-reactive ketones (excluding diaryl/α,β-unsaturated/α-hetero) is 3. The second kappa shape index (κ2) is 8.77. The van der Waals surface area contributed by atoms with Gasteiger partial charge < -0.3 is 9.64 Å². The first-order valence-electron chi connectivity index (χ1n) is 13.6. The number of fused-ring (bicyclic) bond motifs is 5. The molecule has 0 amide bonds. The van der Waals surface area contributed by atoms with Crippen molar-refractivity contribution >= 4 is 29.1 Å². The van der Waals surface area contributed by atoms with Gasteiger partial charge in [0.05, 0.1) is 18.7 Å². The van der Waals surface area contributed by atoms with Gasteiger partial charge in [0.15, 0.2) is 17.3 Å². The molecule has 2 heterocycles. The minimum Gasteiger partial charge on any atom is -0.494 e. The van der Waals surface area contributed by atoms with E-state index in [4.69, 9.17) is 4.74 Å². The lowest BCUT2D eigenvalue weighted by molar-refractivity contribution is -0.127. The van der Waals surface area contributed by atoms with Gasteiger partial charge in [-0.15, -0.1) is 0 Å². The second-order valence-corrected chi connectivity index (χ2v) is 11.9. The van der Waals surface area contributed by atoms with E-state index < -0.39 is 28.8 Å². The summed E-state index contributed by atoms with van der Waals surface area (Å²) in [5.41, 5.74) is 2.27. The lowest BCUT2D eigenvalue weighted by Gasteiger charge is -2.38. The van der Waals surface area contributed by atoms with E-state index in [0.29, 0.717) is 29.0 Å². The summed E-state index contributed by atoms with van der Waals surface area (Å²) in [6.45, 7) is 10.1. The molecule has 0 radical (unpaired) electrons. The number of rotatable bonds is 4. The normalized spacial score (nSPS) is 22.6. The zero-order valence-electron chi connectivity index (χ0n) is 23.0. The molecule has 39 heavy (non-hydrogen) atoms. The number of aryl methyl sites for hydroxylation is 1. The van der Waals surface area contributed by atoms with Crippen molar-refractivity contribution in [3.63, 3.8) is 0 Å². The molecular formula is C34H33NO4. The largest absolute Gasteiger partial charge is 0.494 e. The third kappa shape index (κ3) is 3.42. The first kappa shape index (κ1) is 25.3. The van der Waals surface area contributed by atoms with Gasteiger partial charge in [0.2, 0.25) is 0 Å². The Balaban J connectivity index is 1.72. The summed E-state index contributed by atoms with van der Waals surface area (Å²) in [6.07, 6.45) is 3.97. The van der Waals surface area contributed by atoms with E-state index in [2.05, 4.69) is 11.0 Å². The molecule has 0 bridgehead atoms. The highest BCUT2D eigenvalue weighted by Gasteiger charge is 2.72. The van der Waals surface area contributed by atoms with Crippen molar-refractivity contribution in [1.82, 2.24) is 0 Å². The average Bonchev–Trinajstić information content (AvgIpc) is 3.34. The van der Waals surface area contributed by atoms with Crippen molar-refractivity contribution in [2.45, 2.75) is 52.6 Å². The monoisotopic (exact) mass is 519 g/mol. The molecule has 1 fully saturated rings. The number of ether oxygens (including phenoxy) is 1. The number of ketones is 3. The fourth-order valence-electron chi connectivity index (χ4n) is 6.91. The first-order valence-corrected chi connectivity index (χ1v) is 13.6. The summed E-state index contributed by atoms with van der Waals surface area (Å²) >= 11 is 0. The highest BCUT2D eigenvalue weighted by molar-refractivity contribution is 6.32. The van der Waals surface area contributed by atoms with Crippen molar-refractivity contribution in [3.05, 3.63) is 101 Å². The van der Waals surface area contributed by atoms with Gasteiger partial charge in [-0.25, -0.2) is 0 Å². The molecule has 3 atom stereocenters. The summed E-state index contributed by atoms with van der Waals surface area (Å²) in [6, 6.07) is 19.4. The summed E-state index contributed by atoms with van der Waals surface area (Å²) < 4.78 is 6.08. The maximum absolute atomic E-state index is 14.7. The SMILES string of the molecule is CCOc1ccccc1[C@@H]1[C@@H](C(=O)C(C)(C)C)N2c3ccc(C)cc3C=CC2C12C(=O)c1ccccc1C2=O. The van der Waals surface area contributed by atoms with Crippen LogP contribution in [0.1, 0.15) is 71.0 Å². The number of para-hydroxylation sites is 1. The van der Waals surface area contributed by atoms with Crippen LogP contribution in [0.25, 0.3) is 6.08 Å². The van der Waals surface area contributed by atoms with Crippen LogP contribution in [0.15, 0.2) is 72.8 Å². The van der Waals surface area contributed by atoms with Crippen LogP contribution < -0.4 is 9.64 Å². The molecule has 3 aliphatic rings. The minimum absolute atomic E-state index is 0.0148. The fourth-order valence-corrected chi connectivity index (χ4v) is 6.91. The predicted octanol–water partition coefficient (Wildman–Crippen LogP) is 6.44. The van der Waals surface area contributed by atoms with Crippen LogP contribution >= 0.6 is 0 Å². The third-order valence-electron chi connectivity index (χ3n) is 8.52. The molecule has 3 aromatic rings. The standard InChI is InChI=1S/C34H33NO4/c1-6-39-26-14-10-9-13-24(26)28-29(32(38)33(3,4)5)35-25-17-15-20(2)19-21(25)16-18-27(35)34(28)30(36)22-11-7-8-12-23(22)31(34)37/h7-19,27-29H,6H2,1-5H3/t27?,28-,29+/m1/s1. The number of carbonyl (C=O) groups is 3. The van der Waals surface area contributed by atoms with E-state index in [1.54, 1.807) is 24.3 Å². The third-order valence-corrected chi connectivity index (χ3v) is 8.52. The molecule has 3 aromatic carbocycles. The van der Waals surface area contributed by atoms with Gasteiger partial charge in [-0.1, -0.05) is 87.0 Å². The Kier molecular flexibility index (Phi) is 5.69. The van der Waals surface area contributed by atoms with E-state index >= 15 is 0 Å². The zero-order valence-corrected chi connectivity index (χ0v) is 23.0. The summed E-state index contributed by atoms with van der Waals surface area (Å²) in [5.74, 6) is -0.612. The molecule has 1 spiro atoms. The summed E-state index contributed by atoms with van der Waals surface area (Å²) in [5, 5.41) is 0. The van der Waals surface area contributed by atoms with E-state index in [9.17, 15) is 14.4 Å². The highest BCUT2D eigenvalue weighted by atomic mass is 16.5. The van der Waals surface area contributed by atoms with Gasteiger partial charge in [0.1, 0.15) is 11.2 Å². The molecule has 5 nitrogen and oxygen atoms in total. The number of hydrogen-bond acceptors (Lipinski definition) is 5. The Hall–Kier alpha value is -3.99. The van der Waals surface area contributed by atoms with Crippen molar-refractivity contribution in [2.75, 3.05) is 11.5 Å². The summed E-state index contributed by atoms with van der Waals surface area (Å²) in [7, 11) is 0. The van der Waals surface area contributed by atoms with Crippen LogP contribution in [-0.2, 0) is 4.79 Å². The van der Waals surface area contributed by atoms with Crippen molar-refractivity contribution in [3.8, 4) is 5.75 Å². The number of benzene rings is 3. The fraction of sp³-hybridized carbons (Fsp3) is 0.324. The number of anilines is 1. The van der Waals surface area contributed by atoms with Crippen LogP contribution in [0.3, 0.4) is 0 Å². The van der Waals surface area contributed by atoms with Crippen molar-refractivity contribution in [1.29, 1.82) is 0 Å². The Morgan fingerprint density at radius 1 is 0.949 bits per heavy atom. The molecule has 1 unspecified atom stereocenters. The molecule has 2 aliphatic heterocycles. The minimum atomic E-state index is -1.51. The molecule has 0 aromatic heterocycles. The Morgan fingerprint density at radius 2 is 1.59 bits per heavy atom. The molecule has 198 valence electrons. The van der Waals surface area contributed by atoms with Gasteiger partial charge >= 0.3 is 0 Å². The topological polar surface area (TPSA) is 63.7 Å². The van der Waals surface area contributed by atoms with E-state index in [-0.39, 0.29) is 17.3 Å². The first-order chi connectivity index (χ1) is 18.6. The molecule has 1 aliphatic carbocycles. The smallest absolute Gasteiger partial charge is 0.180 e. The Bertz CT molecular complexity index is 1520. The number of hydrogen-bond donors (Lipinski definition) is 0. The van der Waals surface area contributed by atoms with Crippen LogP contribution in [0.2, 0.25) is 0 Å². The number of nitrogens with zero attached hydrogens (tertiary/aromatic N) is 1. The second-order valence-electron chi connectivity index (χ2n) is 11.9. The lowest BCUT2D eigenvalue weighted by Crippen LogP contribution is -2.49. The maximum atomic E-state index is 14.7. The van der Waals surface area contributed by atoms with Crippen LogP contribution in [0, 0.1) is 17.8 Å². The quantitative estimate of drug-likeness (QED) is 0.371. The highest BCUT2D eigenvalue weighted by Crippen LogP contribution is 2.62.